The van der Waals surface area contributed by atoms with Gasteiger partial charge in [-0.05, 0) is 36.3 Å². The lowest BCUT2D eigenvalue weighted by atomic mass is 9.84. The maximum atomic E-state index is 12.0. The van der Waals surface area contributed by atoms with E-state index in [9.17, 15) is 4.79 Å². The van der Waals surface area contributed by atoms with Crippen LogP contribution in [0.5, 0.6) is 0 Å². The fraction of sp³-hybridized carbons (Fsp3) is 0.632. The molecule has 1 aromatic carbocycles. The second kappa shape index (κ2) is 8.46. The molecule has 1 saturated heterocycles. The molecule has 1 heterocycles. The molecule has 1 atom stereocenters. The van der Waals surface area contributed by atoms with Gasteiger partial charge in [0.15, 0.2) is 0 Å². The first-order valence-electron chi connectivity index (χ1n) is 9.02. The number of amides is 1. The van der Waals surface area contributed by atoms with Crippen molar-refractivity contribution in [2.75, 3.05) is 26.2 Å². The van der Waals surface area contributed by atoms with Crippen LogP contribution < -0.4 is 10.6 Å². The Hall–Kier alpha value is -1.39. The van der Waals surface area contributed by atoms with E-state index in [4.69, 9.17) is 4.74 Å². The molecule has 3 rings (SSSR count). The van der Waals surface area contributed by atoms with Gasteiger partial charge >= 0.3 is 0 Å². The van der Waals surface area contributed by atoms with Crippen molar-refractivity contribution in [3.8, 4) is 0 Å². The first-order chi connectivity index (χ1) is 11.3. The van der Waals surface area contributed by atoms with Crippen LogP contribution in [0.1, 0.15) is 49.1 Å². The SMILES string of the molecule is O=C(NCCc1ccc(C2CCCCC2)cc1)C1CNCCO1. The maximum Gasteiger partial charge on any atom is 0.250 e. The zero-order chi connectivity index (χ0) is 15.9. The highest BCUT2D eigenvalue weighted by Crippen LogP contribution is 2.32. The predicted octanol–water partition coefficient (Wildman–Crippen LogP) is 2.38. The topological polar surface area (TPSA) is 50.4 Å². The number of nitrogens with one attached hydrogen (secondary N) is 2. The van der Waals surface area contributed by atoms with Gasteiger partial charge < -0.3 is 15.4 Å². The average molecular weight is 316 g/mol. The normalized spacial score (nSPS) is 22.7. The molecular formula is C19H28N2O2. The maximum absolute atomic E-state index is 12.0. The summed E-state index contributed by atoms with van der Waals surface area (Å²) in [6, 6.07) is 8.99. The van der Waals surface area contributed by atoms with Gasteiger partial charge in [0, 0.05) is 19.6 Å². The molecule has 0 bridgehead atoms. The number of rotatable bonds is 5. The molecule has 0 radical (unpaired) electrons. The van der Waals surface area contributed by atoms with E-state index in [1.165, 1.54) is 43.2 Å². The van der Waals surface area contributed by atoms with Gasteiger partial charge in [0.05, 0.1) is 6.61 Å². The molecule has 1 unspecified atom stereocenters. The Bertz CT molecular complexity index is 489. The zero-order valence-corrected chi connectivity index (χ0v) is 13.9. The summed E-state index contributed by atoms with van der Waals surface area (Å²) in [7, 11) is 0. The molecule has 1 aromatic rings. The number of hydrogen-bond acceptors (Lipinski definition) is 3. The molecule has 1 aliphatic carbocycles. The molecule has 23 heavy (non-hydrogen) atoms. The third kappa shape index (κ3) is 4.79. The van der Waals surface area contributed by atoms with Gasteiger partial charge in [0.25, 0.3) is 0 Å². The highest BCUT2D eigenvalue weighted by molar-refractivity contribution is 5.81. The van der Waals surface area contributed by atoms with Gasteiger partial charge in [0.2, 0.25) is 5.91 Å². The third-order valence-electron chi connectivity index (χ3n) is 4.99. The second-order valence-corrected chi connectivity index (χ2v) is 6.68. The Balaban J connectivity index is 1.42. The molecule has 2 N–H and O–H groups in total. The van der Waals surface area contributed by atoms with Crippen LogP contribution in [0.15, 0.2) is 24.3 Å². The van der Waals surface area contributed by atoms with Crippen LogP contribution in [-0.2, 0) is 16.0 Å². The van der Waals surface area contributed by atoms with Crippen molar-refractivity contribution in [3.63, 3.8) is 0 Å². The van der Waals surface area contributed by atoms with Gasteiger partial charge in [-0.15, -0.1) is 0 Å². The van der Waals surface area contributed by atoms with E-state index >= 15 is 0 Å². The van der Waals surface area contributed by atoms with Crippen molar-refractivity contribution in [2.24, 2.45) is 0 Å². The second-order valence-electron chi connectivity index (χ2n) is 6.68. The van der Waals surface area contributed by atoms with Gasteiger partial charge in [-0.3, -0.25) is 4.79 Å². The van der Waals surface area contributed by atoms with Crippen LogP contribution in [-0.4, -0.2) is 38.3 Å². The predicted molar refractivity (Wildman–Crippen MR) is 91.6 cm³/mol. The number of carbonyl (C=O) groups is 1. The molecule has 2 aliphatic rings. The van der Waals surface area contributed by atoms with E-state index in [1.807, 2.05) is 0 Å². The molecule has 126 valence electrons. The van der Waals surface area contributed by atoms with Crippen LogP contribution in [0.2, 0.25) is 0 Å². The zero-order valence-electron chi connectivity index (χ0n) is 13.9. The number of morpholine rings is 1. The number of carbonyl (C=O) groups excluding carboxylic acids is 1. The lowest BCUT2D eigenvalue weighted by Gasteiger charge is -2.23. The van der Waals surface area contributed by atoms with E-state index in [0.717, 1.165) is 18.9 Å². The molecule has 2 fully saturated rings. The van der Waals surface area contributed by atoms with E-state index < -0.39 is 0 Å². The summed E-state index contributed by atoms with van der Waals surface area (Å²) in [5.74, 6) is 0.754. The third-order valence-corrected chi connectivity index (χ3v) is 4.99. The van der Waals surface area contributed by atoms with Crippen molar-refractivity contribution in [1.82, 2.24) is 10.6 Å². The van der Waals surface area contributed by atoms with Gasteiger partial charge in [0.1, 0.15) is 6.10 Å². The first-order valence-corrected chi connectivity index (χ1v) is 9.02. The van der Waals surface area contributed by atoms with Crippen LogP contribution in [0, 0.1) is 0 Å². The van der Waals surface area contributed by atoms with Gasteiger partial charge in [-0.25, -0.2) is 0 Å². The minimum Gasteiger partial charge on any atom is -0.366 e. The molecule has 1 amide bonds. The standard InChI is InChI=1S/C19H28N2O2/c22-19(18-14-20-12-13-23-18)21-11-10-15-6-8-17(9-7-15)16-4-2-1-3-5-16/h6-9,16,18,20H,1-5,10-14H2,(H,21,22). The molecular weight excluding hydrogens is 288 g/mol. The molecule has 0 spiro atoms. The Morgan fingerprint density at radius 2 is 1.96 bits per heavy atom. The van der Waals surface area contributed by atoms with Crippen molar-refractivity contribution in [3.05, 3.63) is 35.4 Å². The minimum atomic E-state index is -0.336. The summed E-state index contributed by atoms with van der Waals surface area (Å²) in [6.07, 6.45) is 7.35. The number of hydrogen-bond donors (Lipinski definition) is 2. The Morgan fingerprint density at radius 1 is 1.17 bits per heavy atom. The molecule has 4 nitrogen and oxygen atoms in total. The summed E-state index contributed by atoms with van der Waals surface area (Å²) in [5.41, 5.74) is 2.77. The summed E-state index contributed by atoms with van der Waals surface area (Å²) in [6.45, 7) is 2.72. The minimum absolute atomic E-state index is 0.00368. The Labute approximate surface area is 139 Å². The summed E-state index contributed by atoms with van der Waals surface area (Å²) in [5, 5.41) is 6.15. The molecule has 1 saturated carbocycles. The van der Waals surface area contributed by atoms with Crippen LogP contribution in [0.3, 0.4) is 0 Å². The van der Waals surface area contributed by atoms with Crippen molar-refractivity contribution in [1.29, 1.82) is 0 Å². The Morgan fingerprint density at radius 3 is 2.65 bits per heavy atom. The van der Waals surface area contributed by atoms with Crippen molar-refractivity contribution >= 4 is 5.91 Å². The Kier molecular flexibility index (Phi) is 6.06. The van der Waals surface area contributed by atoms with E-state index in [-0.39, 0.29) is 12.0 Å². The number of benzene rings is 1. The van der Waals surface area contributed by atoms with E-state index in [0.29, 0.717) is 19.7 Å². The molecule has 4 heteroatoms. The quantitative estimate of drug-likeness (QED) is 0.877. The summed E-state index contributed by atoms with van der Waals surface area (Å²) >= 11 is 0. The van der Waals surface area contributed by atoms with Crippen LogP contribution in [0.4, 0.5) is 0 Å². The first kappa shape index (κ1) is 16.5. The lowest BCUT2D eigenvalue weighted by Crippen LogP contribution is -2.48. The molecule has 0 aromatic heterocycles. The van der Waals surface area contributed by atoms with Crippen molar-refractivity contribution in [2.45, 2.75) is 50.5 Å². The van der Waals surface area contributed by atoms with E-state index in [1.54, 1.807) is 0 Å². The molecule has 1 aliphatic heterocycles. The lowest BCUT2D eigenvalue weighted by molar-refractivity contribution is -0.134. The number of ether oxygens (including phenoxy) is 1. The van der Waals surface area contributed by atoms with Crippen LogP contribution >= 0.6 is 0 Å². The fourth-order valence-electron chi connectivity index (χ4n) is 3.57. The van der Waals surface area contributed by atoms with Gasteiger partial charge in [-0.1, -0.05) is 43.5 Å². The van der Waals surface area contributed by atoms with Gasteiger partial charge in [-0.2, -0.15) is 0 Å². The smallest absolute Gasteiger partial charge is 0.250 e. The monoisotopic (exact) mass is 316 g/mol. The summed E-state index contributed by atoms with van der Waals surface area (Å²) < 4.78 is 5.45. The van der Waals surface area contributed by atoms with Crippen molar-refractivity contribution < 1.29 is 9.53 Å². The highest BCUT2D eigenvalue weighted by Gasteiger charge is 2.21. The van der Waals surface area contributed by atoms with E-state index in [2.05, 4.69) is 34.9 Å². The average Bonchev–Trinajstić information content (AvgIpc) is 2.64. The fourth-order valence-corrected chi connectivity index (χ4v) is 3.57. The largest absolute Gasteiger partial charge is 0.366 e. The van der Waals surface area contributed by atoms with Crippen LogP contribution in [0.25, 0.3) is 0 Å². The summed E-state index contributed by atoms with van der Waals surface area (Å²) in [4.78, 5) is 12.0. The highest BCUT2D eigenvalue weighted by atomic mass is 16.5.